The molecule has 0 aliphatic carbocycles. The number of benzene rings is 1. The van der Waals surface area contributed by atoms with Crippen molar-refractivity contribution >= 4 is 11.5 Å². The lowest BCUT2D eigenvalue weighted by atomic mass is 10.2. The van der Waals surface area contributed by atoms with Crippen molar-refractivity contribution in [3.05, 3.63) is 55.5 Å². The van der Waals surface area contributed by atoms with Gasteiger partial charge in [0, 0.05) is 11.8 Å². The summed E-state index contributed by atoms with van der Waals surface area (Å²) in [5, 5.41) is 27.3. The number of aryl methyl sites for hydroxylation is 1. The summed E-state index contributed by atoms with van der Waals surface area (Å²) in [6.07, 6.45) is 7.10. The average Bonchev–Trinajstić information content (AvgIpc) is 3.24. The number of aromatic hydroxyl groups is 2. The number of hydrogen-bond acceptors (Lipinski definition) is 8. The Kier molecular flexibility index (Phi) is 8.30. The van der Waals surface area contributed by atoms with Crippen molar-refractivity contribution in [2.75, 3.05) is 11.4 Å². The molecule has 1 aromatic carbocycles. The van der Waals surface area contributed by atoms with Gasteiger partial charge in [0.15, 0.2) is 23.1 Å². The lowest BCUT2D eigenvalue weighted by molar-refractivity contribution is 0.404. The molecule has 4 rings (SSSR count). The third-order valence-electron chi connectivity index (χ3n) is 4.38. The topological polar surface area (TPSA) is 126 Å². The number of phenols is 2. The molecular formula is C21H29N7O2. The Morgan fingerprint density at radius 3 is 2.57 bits per heavy atom. The van der Waals surface area contributed by atoms with Crippen LogP contribution in [0.25, 0.3) is 5.69 Å². The Morgan fingerprint density at radius 2 is 1.93 bits per heavy atom. The maximum Gasteiger partial charge on any atom is 0.161 e. The van der Waals surface area contributed by atoms with Crippen LogP contribution in [0.3, 0.4) is 0 Å². The highest BCUT2D eigenvalue weighted by Crippen LogP contribution is 2.37. The first-order valence-corrected chi connectivity index (χ1v) is 9.77. The predicted molar refractivity (Wildman–Crippen MR) is 117 cm³/mol. The van der Waals surface area contributed by atoms with Crippen LogP contribution in [0.5, 0.6) is 11.5 Å². The molecule has 30 heavy (non-hydrogen) atoms. The van der Waals surface area contributed by atoms with Crippen LogP contribution in [0, 0.1) is 6.92 Å². The molecule has 0 unspecified atom stereocenters. The molecular weight excluding hydrogens is 382 g/mol. The highest BCUT2D eigenvalue weighted by atomic mass is 16.3. The van der Waals surface area contributed by atoms with E-state index in [1.54, 1.807) is 18.6 Å². The molecule has 0 bridgehead atoms. The van der Waals surface area contributed by atoms with Crippen LogP contribution in [0.15, 0.2) is 43.9 Å². The molecule has 9 nitrogen and oxygen atoms in total. The van der Waals surface area contributed by atoms with Crippen LogP contribution in [-0.4, -0.2) is 41.5 Å². The summed E-state index contributed by atoms with van der Waals surface area (Å²) < 4.78 is 1.84. The molecule has 1 aliphatic heterocycles. The third kappa shape index (κ3) is 5.12. The summed E-state index contributed by atoms with van der Waals surface area (Å²) in [6, 6.07) is 4.64. The summed E-state index contributed by atoms with van der Waals surface area (Å²) in [7, 11) is 0. The molecule has 160 valence electrons. The van der Waals surface area contributed by atoms with Gasteiger partial charge in [0.05, 0.1) is 12.7 Å². The monoisotopic (exact) mass is 411 g/mol. The van der Waals surface area contributed by atoms with E-state index in [9.17, 15) is 10.2 Å². The van der Waals surface area contributed by atoms with Crippen molar-refractivity contribution in [2.45, 2.75) is 39.7 Å². The summed E-state index contributed by atoms with van der Waals surface area (Å²) in [6.45, 7) is 11.3. The van der Waals surface area contributed by atoms with Gasteiger partial charge in [0.25, 0.3) is 0 Å². The Bertz CT molecular complexity index is 954. The van der Waals surface area contributed by atoms with Crippen molar-refractivity contribution in [2.24, 2.45) is 5.73 Å². The van der Waals surface area contributed by atoms with Gasteiger partial charge in [-0.3, -0.25) is 4.57 Å². The van der Waals surface area contributed by atoms with Crippen molar-refractivity contribution in [3.8, 4) is 17.2 Å². The van der Waals surface area contributed by atoms with Gasteiger partial charge in [-0.15, -0.1) is 23.4 Å². The number of unbranched alkanes of at least 4 members (excludes halogenated alkanes) is 2. The fourth-order valence-corrected chi connectivity index (χ4v) is 2.89. The number of fused-ring (bicyclic) bond motifs is 3. The van der Waals surface area contributed by atoms with Crippen LogP contribution >= 0.6 is 0 Å². The minimum absolute atomic E-state index is 0.164. The van der Waals surface area contributed by atoms with E-state index in [2.05, 4.69) is 40.2 Å². The molecule has 1 aliphatic rings. The van der Waals surface area contributed by atoms with Crippen LogP contribution in [0.2, 0.25) is 0 Å². The second kappa shape index (κ2) is 10.9. The van der Waals surface area contributed by atoms with Crippen LogP contribution < -0.4 is 10.6 Å². The van der Waals surface area contributed by atoms with Crippen LogP contribution in [0.1, 0.15) is 37.8 Å². The zero-order valence-corrected chi connectivity index (χ0v) is 17.5. The lowest BCUT2D eigenvalue weighted by Crippen LogP contribution is -2.27. The van der Waals surface area contributed by atoms with Gasteiger partial charge < -0.3 is 20.8 Å². The normalized spacial score (nSPS) is 11.4. The molecule has 9 heteroatoms. The summed E-state index contributed by atoms with van der Waals surface area (Å²) in [4.78, 5) is 10.6. The molecule has 0 saturated heterocycles. The van der Waals surface area contributed by atoms with Crippen LogP contribution in [-0.2, 0) is 6.54 Å². The molecule has 0 atom stereocenters. The molecule has 2 aromatic heterocycles. The van der Waals surface area contributed by atoms with Gasteiger partial charge in [0.2, 0.25) is 0 Å². The van der Waals surface area contributed by atoms with Gasteiger partial charge >= 0.3 is 0 Å². The number of rotatable bonds is 4. The van der Waals surface area contributed by atoms with Gasteiger partial charge in [-0.25, -0.2) is 9.97 Å². The number of hydrogen-bond donors (Lipinski definition) is 3. The Labute approximate surface area is 176 Å². The van der Waals surface area contributed by atoms with Gasteiger partial charge in [0.1, 0.15) is 17.8 Å². The first-order valence-electron chi connectivity index (χ1n) is 9.77. The average molecular weight is 412 g/mol. The number of nitrogens with zero attached hydrogens (tertiary/aromatic N) is 6. The Balaban J connectivity index is 0.000000348. The largest absolute Gasteiger partial charge is 0.504 e. The molecule has 0 radical (unpaired) electrons. The SMILES string of the molecule is C=C.CCCCCN.Cc1ncc2c(n1)N(c1ccc(O)c(O)c1)Cc1nncn1-2. The zero-order chi connectivity index (χ0) is 22.1. The summed E-state index contributed by atoms with van der Waals surface area (Å²) in [5.41, 5.74) is 6.68. The maximum atomic E-state index is 9.75. The molecule has 0 amide bonds. The molecule has 3 aromatic rings. The fourth-order valence-electron chi connectivity index (χ4n) is 2.89. The summed E-state index contributed by atoms with van der Waals surface area (Å²) >= 11 is 0. The minimum atomic E-state index is -0.183. The van der Waals surface area contributed by atoms with E-state index in [-0.39, 0.29) is 11.5 Å². The number of aromatic nitrogens is 5. The van der Waals surface area contributed by atoms with Gasteiger partial charge in [-0.2, -0.15) is 0 Å². The summed E-state index contributed by atoms with van der Waals surface area (Å²) in [5.74, 6) is 1.74. The van der Waals surface area contributed by atoms with E-state index in [0.717, 1.165) is 18.1 Å². The van der Waals surface area contributed by atoms with Gasteiger partial charge in [-0.05, 0) is 32.0 Å². The van der Waals surface area contributed by atoms with E-state index in [1.165, 1.54) is 31.4 Å². The lowest BCUT2D eigenvalue weighted by Gasteiger charge is -2.30. The number of anilines is 2. The van der Waals surface area contributed by atoms with Crippen molar-refractivity contribution in [1.82, 2.24) is 24.7 Å². The molecule has 3 heterocycles. The third-order valence-corrected chi connectivity index (χ3v) is 4.38. The number of phenolic OH excluding ortho intramolecular Hbond substituents is 2. The van der Waals surface area contributed by atoms with E-state index in [1.807, 2.05) is 16.4 Å². The number of nitrogens with two attached hydrogens (primary N) is 1. The second-order valence-electron chi connectivity index (χ2n) is 6.50. The van der Waals surface area contributed by atoms with Gasteiger partial charge in [-0.1, -0.05) is 19.8 Å². The molecule has 4 N–H and O–H groups in total. The highest BCUT2D eigenvalue weighted by Gasteiger charge is 2.26. The molecule has 0 fully saturated rings. The van der Waals surface area contributed by atoms with Crippen molar-refractivity contribution in [1.29, 1.82) is 0 Å². The van der Waals surface area contributed by atoms with E-state index in [4.69, 9.17) is 5.73 Å². The van der Waals surface area contributed by atoms with E-state index < -0.39 is 0 Å². The highest BCUT2D eigenvalue weighted by molar-refractivity contribution is 5.71. The van der Waals surface area contributed by atoms with Crippen molar-refractivity contribution in [3.63, 3.8) is 0 Å². The second-order valence-corrected chi connectivity index (χ2v) is 6.50. The predicted octanol–water partition coefficient (Wildman–Crippen LogP) is 3.37. The van der Waals surface area contributed by atoms with E-state index in [0.29, 0.717) is 23.9 Å². The Morgan fingerprint density at radius 1 is 1.17 bits per heavy atom. The zero-order valence-electron chi connectivity index (χ0n) is 17.5. The van der Waals surface area contributed by atoms with E-state index >= 15 is 0 Å². The first kappa shape index (κ1) is 22.8. The molecule has 0 spiro atoms. The minimum Gasteiger partial charge on any atom is -0.504 e. The quantitative estimate of drug-likeness (QED) is 0.339. The molecule has 0 saturated carbocycles. The first-order chi connectivity index (χ1) is 14.5. The smallest absolute Gasteiger partial charge is 0.161 e. The fraction of sp³-hybridized carbons (Fsp3) is 0.333. The Hall–Kier alpha value is -3.46. The maximum absolute atomic E-state index is 9.75. The standard InChI is InChI=1S/C14H12N6O2.C5H13N.C2H4/c1-8-15-5-10-14(17-8)19(6-13-18-16-7-20(10)13)9-2-3-11(21)12(22)4-9;1-2-3-4-5-6;1-2/h2-5,7,21-22H,6H2,1H3;2-6H2,1H3;1-2H2. The van der Waals surface area contributed by atoms with Crippen LogP contribution in [0.4, 0.5) is 11.5 Å². The van der Waals surface area contributed by atoms with Crippen molar-refractivity contribution < 1.29 is 10.2 Å².